The van der Waals surface area contributed by atoms with Crippen LogP contribution >= 0.6 is 0 Å². The molecule has 0 aromatic carbocycles. The van der Waals surface area contributed by atoms with E-state index in [1.54, 1.807) is 6.08 Å². The molecular formula is C8H9N5O. The van der Waals surface area contributed by atoms with Crippen LogP contribution in [0.5, 0.6) is 0 Å². The van der Waals surface area contributed by atoms with Crippen LogP contribution in [0.4, 0.5) is 0 Å². The van der Waals surface area contributed by atoms with E-state index >= 15 is 0 Å². The first-order valence-corrected chi connectivity index (χ1v) is 4.39. The van der Waals surface area contributed by atoms with Gasteiger partial charge in [0.25, 0.3) is 0 Å². The molecule has 2 heterocycles. The van der Waals surface area contributed by atoms with E-state index in [9.17, 15) is 4.79 Å². The number of nitrogens with zero attached hydrogens (tertiary/aromatic N) is 4. The standard InChI is InChI=1S/C8H9N5O/c1-2-3-9-6-4-5-7(10-6)8(14)12-13-11-5/h4,9H,2-3H2,1H3. The maximum Gasteiger partial charge on any atom is 0.317 e. The van der Waals surface area contributed by atoms with Gasteiger partial charge < -0.3 is 5.32 Å². The first kappa shape index (κ1) is 8.74. The van der Waals surface area contributed by atoms with Crippen LogP contribution < -0.4 is 5.32 Å². The quantitative estimate of drug-likeness (QED) is 0.710. The summed E-state index contributed by atoms with van der Waals surface area (Å²) in [7, 11) is 0. The largest absolute Gasteiger partial charge is 0.370 e. The Morgan fingerprint density at radius 2 is 2.36 bits per heavy atom. The van der Waals surface area contributed by atoms with Gasteiger partial charge in [0.15, 0.2) is 5.71 Å². The summed E-state index contributed by atoms with van der Waals surface area (Å²) in [6.45, 7) is 2.87. The lowest BCUT2D eigenvalue weighted by atomic mass is 10.2. The van der Waals surface area contributed by atoms with Gasteiger partial charge in [-0.25, -0.2) is 4.99 Å². The predicted molar refractivity (Wildman–Crippen MR) is 51.1 cm³/mol. The molecule has 0 aliphatic carbocycles. The maximum atomic E-state index is 11.2. The molecule has 14 heavy (non-hydrogen) atoms. The van der Waals surface area contributed by atoms with Gasteiger partial charge in [0.2, 0.25) is 0 Å². The summed E-state index contributed by atoms with van der Waals surface area (Å²) in [5.74, 6) is 0.223. The van der Waals surface area contributed by atoms with Crippen LogP contribution in [0.15, 0.2) is 32.3 Å². The van der Waals surface area contributed by atoms with Crippen molar-refractivity contribution in [2.24, 2.45) is 20.4 Å². The lowest BCUT2D eigenvalue weighted by Crippen LogP contribution is -2.20. The van der Waals surface area contributed by atoms with Crippen molar-refractivity contribution in [2.45, 2.75) is 13.3 Å². The van der Waals surface area contributed by atoms with Crippen molar-refractivity contribution in [3.63, 3.8) is 0 Å². The Morgan fingerprint density at radius 3 is 3.07 bits per heavy atom. The Kier molecular flexibility index (Phi) is 2.18. The molecule has 0 aromatic heterocycles. The van der Waals surface area contributed by atoms with Gasteiger partial charge in [0.1, 0.15) is 11.5 Å². The molecule has 0 atom stereocenters. The lowest BCUT2D eigenvalue weighted by Gasteiger charge is -1.99. The number of hydrogen-bond acceptors (Lipinski definition) is 5. The van der Waals surface area contributed by atoms with Gasteiger partial charge in [-0.15, -0.1) is 5.10 Å². The molecule has 0 bridgehead atoms. The molecule has 0 saturated carbocycles. The Bertz CT molecular complexity index is 391. The molecule has 2 aliphatic heterocycles. The average molecular weight is 191 g/mol. The fourth-order valence-electron chi connectivity index (χ4n) is 1.14. The number of aliphatic imine (C=N–C) groups is 1. The SMILES string of the molecule is CCCNC1=CC2=NN=NC(=O)C2=N1. The second-order valence-electron chi connectivity index (χ2n) is 2.90. The Morgan fingerprint density at radius 1 is 1.50 bits per heavy atom. The molecule has 0 fully saturated rings. The van der Waals surface area contributed by atoms with Gasteiger partial charge in [-0.05, 0) is 11.6 Å². The van der Waals surface area contributed by atoms with Gasteiger partial charge in [-0.2, -0.15) is 0 Å². The van der Waals surface area contributed by atoms with E-state index in [0.717, 1.165) is 13.0 Å². The van der Waals surface area contributed by atoms with Gasteiger partial charge >= 0.3 is 5.91 Å². The van der Waals surface area contributed by atoms with Crippen molar-refractivity contribution in [3.8, 4) is 0 Å². The third kappa shape index (κ3) is 1.46. The summed E-state index contributed by atoms with van der Waals surface area (Å²) in [6, 6.07) is 0. The molecule has 6 heteroatoms. The fourth-order valence-corrected chi connectivity index (χ4v) is 1.14. The van der Waals surface area contributed by atoms with Crippen molar-refractivity contribution < 1.29 is 4.79 Å². The van der Waals surface area contributed by atoms with Crippen LogP contribution in [0.2, 0.25) is 0 Å². The zero-order chi connectivity index (χ0) is 9.97. The smallest absolute Gasteiger partial charge is 0.317 e. The van der Waals surface area contributed by atoms with Crippen LogP contribution in [0.25, 0.3) is 0 Å². The summed E-state index contributed by atoms with van der Waals surface area (Å²) >= 11 is 0. The normalized spacial score (nSPS) is 18.6. The summed E-state index contributed by atoms with van der Waals surface area (Å²) in [4.78, 5) is 15.2. The molecule has 0 aromatic rings. The second-order valence-corrected chi connectivity index (χ2v) is 2.90. The van der Waals surface area contributed by atoms with E-state index in [1.807, 2.05) is 0 Å². The number of hydrogen-bond donors (Lipinski definition) is 1. The monoisotopic (exact) mass is 191 g/mol. The van der Waals surface area contributed by atoms with Gasteiger partial charge in [-0.1, -0.05) is 12.0 Å². The number of fused-ring (bicyclic) bond motifs is 1. The minimum Gasteiger partial charge on any atom is -0.370 e. The highest BCUT2D eigenvalue weighted by Gasteiger charge is 2.25. The second kappa shape index (κ2) is 3.49. The number of amides is 1. The van der Waals surface area contributed by atoms with Crippen molar-refractivity contribution in [3.05, 3.63) is 11.9 Å². The van der Waals surface area contributed by atoms with Crippen LogP contribution in [0, 0.1) is 0 Å². The van der Waals surface area contributed by atoms with E-state index in [4.69, 9.17) is 0 Å². The highest BCUT2D eigenvalue weighted by molar-refractivity contribution is 6.70. The van der Waals surface area contributed by atoms with Crippen LogP contribution in [-0.4, -0.2) is 23.9 Å². The molecule has 0 radical (unpaired) electrons. The topological polar surface area (TPSA) is 78.5 Å². The number of rotatable bonds is 3. The molecule has 2 aliphatic rings. The Labute approximate surface area is 80.5 Å². The minimum atomic E-state index is -0.431. The first-order valence-electron chi connectivity index (χ1n) is 4.39. The van der Waals surface area contributed by atoms with E-state index in [1.165, 1.54) is 0 Å². The maximum absolute atomic E-state index is 11.2. The molecule has 2 rings (SSSR count). The minimum absolute atomic E-state index is 0.276. The summed E-state index contributed by atoms with van der Waals surface area (Å²) in [5.41, 5.74) is 0.766. The highest BCUT2D eigenvalue weighted by Crippen LogP contribution is 2.11. The molecule has 1 amide bonds. The van der Waals surface area contributed by atoms with Crippen molar-refractivity contribution >= 4 is 17.3 Å². The third-order valence-electron chi connectivity index (χ3n) is 1.80. The lowest BCUT2D eigenvalue weighted by molar-refractivity contribution is -0.112. The van der Waals surface area contributed by atoms with Gasteiger partial charge in [0.05, 0.1) is 0 Å². The van der Waals surface area contributed by atoms with E-state index in [-0.39, 0.29) is 5.71 Å². The fraction of sp³-hybridized carbons (Fsp3) is 0.375. The Balaban J connectivity index is 2.16. The zero-order valence-corrected chi connectivity index (χ0v) is 7.69. The highest BCUT2D eigenvalue weighted by atomic mass is 16.2. The predicted octanol–water partition coefficient (Wildman–Crippen LogP) is 0.630. The molecule has 0 saturated heterocycles. The van der Waals surface area contributed by atoms with E-state index in [2.05, 4.69) is 32.7 Å². The van der Waals surface area contributed by atoms with Crippen molar-refractivity contribution in [2.75, 3.05) is 6.54 Å². The number of allylic oxidation sites excluding steroid dienone is 1. The van der Waals surface area contributed by atoms with Crippen LogP contribution in [0.3, 0.4) is 0 Å². The van der Waals surface area contributed by atoms with E-state index in [0.29, 0.717) is 11.5 Å². The summed E-state index contributed by atoms with van der Waals surface area (Å²) in [6.07, 6.45) is 2.69. The van der Waals surface area contributed by atoms with E-state index < -0.39 is 5.91 Å². The van der Waals surface area contributed by atoms with Crippen LogP contribution in [0.1, 0.15) is 13.3 Å². The average Bonchev–Trinajstić information content (AvgIpc) is 2.59. The Hall–Kier alpha value is -1.85. The van der Waals surface area contributed by atoms with Crippen molar-refractivity contribution in [1.29, 1.82) is 0 Å². The molecule has 1 N–H and O–H groups in total. The number of nitrogens with one attached hydrogen (secondary N) is 1. The zero-order valence-electron chi connectivity index (χ0n) is 7.69. The first-order chi connectivity index (χ1) is 6.81. The van der Waals surface area contributed by atoms with Gasteiger partial charge in [0, 0.05) is 12.6 Å². The third-order valence-corrected chi connectivity index (χ3v) is 1.80. The number of carbonyl (C=O) groups excluding carboxylic acids is 1. The van der Waals surface area contributed by atoms with Crippen LogP contribution in [-0.2, 0) is 4.79 Å². The molecule has 0 spiro atoms. The number of carbonyl (C=O) groups is 1. The summed E-state index contributed by atoms with van der Waals surface area (Å²) < 4.78 is 0. The molecule has 72 valence electrons. The van der Waals surface area contributed by atoms with Gasteiger partial charge in [-0.3, -0.25) is 4.79 Å². The molecule has 6 nitrogen and oxygen atoms in total. The van der Waals surface area contributed by atoms with Crippen molar-refractivity contribution in [1.82, 2.24) is 5.32 Å². The molecular weight excluding hydrogens is 182 g/mol. The summed E-state index contributed by atoms with van der Waals surface area (Å²) in [5, 5.41) is 13.4. The molecule has 0 unspecified atom stereocenters.